The van der Waals surface area contributed by atoms with Crippen molar-refractivity contribution in [3.8, 4) is 0 Å². The van der Waals surface area contributed by atoms with E-state index in [-0.39, 0.29) is 6.54 Å². The molecule has 0 fully saturated rings. The molecule has 2 aliphatic rings. The minimum absolute atomic E-state index is 0.232. The quantitative estimate of drug-likeness (QED) is 0.710. The zero-order valence-electron chi connectivity index (χ0n) is 10.3. The first-order valence-corrected chi connectivity index (χ1v) is 8.00. The number of alkyl halides is 4. The Balaban J connectivity index is 1.76. The van der Waals surface area contributed by atoms with E-state index in [4.69, 9.17) is 0 Å². The Morgan fingerprint density at radius 3 is 2.75 bits per heavy atom. The van der Waals surface area contributed by atoms with Gasteiger partial charge in [-0.2, -0.15) is 13.2 Å². The zero-order valence-corrected chi connectivity index (χ0v) is 12.7. The van der Waals surface area contributed by atoms with Gasteiger partial charge in [0.1, 0.15) is 0 Å². The van der Waals surface area contributed by atoms with Crippen molar-refractivity contribution in [3.05, 3.63) is 11.6 Å². The van der Waals surface area contributed by atoms with Gasteiger partial charge in [-0.15, -0.1) is 10.2 Å². The Morgan fingerprint density at radius 1 is 1.30 bits per heavy atom. The number of hydrogen-bond acceptors (Lipinski definition) is 5. The molecule has 5 nitrogen and oxygen atoms in total. The van der Waals surface area contributed by atoms with E-state index in [0.29, 0.717) is 24.2 Å². The number of fused-ring (bicyclic) bond motifs is 1. The van der Waals surface area contributed by atoms with Crippen LogP contribution in [0.15, 0.2) is 4.99 Å². The molecule has 1 aromatic rings. The highest BCUT2D eigenvalue weighted by Crippen LogP contribution is 2.31. The minimum atomic E-state index is -4.45. The number of nitrogens with zero attached hydrogens (tertiary/aromatic N) is 5. The van der Waals surface area contributed by atoms with Crippen molar-refractivity contribution in [3.63, 3.8) is 0 Å². The molecule has 3 rings (SSSR count). The van der Waals surface area contributed by atoms with Crippen LogP contribution in [0.3, 0.4) is 0 Å². The van der Waals surface area contributed by atoms with E-state index in [0.717, 1.165) is 21.6 Å². The van der Waals surface area contributed by atoms with Crippen LogP contribution in [0.1, 0.15) is 11.6 Å². The molecule has 2 aliphatic heterocycles. The molecule has 10 heteroatoms. The minimum Gasteiger partial charge on any atom is -0.342 e. The SMILES string of the molecule is FC(F)(F)c1nnc2n1CCN(C1=NCC(CBr)S1)C2. The highest BCUT2D eigenvalue weighted by molar-refractivity contribution is 9.09. The Hall–Kier alpha value is -0.770. The third-order valence-electron chi connectivity index (χ3n) is 3.15. The molecule has 20 heavy (non-hydrogen) atoms. The summed E-state index contributed by atoms with van der Waals surface area (Å²) in [5, 5.41) is 9.07. The van der Waals surface area contributed by atoms with Gasteiger partial charge in [0, 0.05) is 23.7 Å². The molecule has 0 radical (unpaired) electrons. The summed E-state index contributed by atoms with van der Waals surface area (Å²) >= 11 is 5.07. The van der Waals surface area contributed by atoms with E-state index in [1.807, 2.05) is 4.90 Å². The maximum absolute atomic E-state index is 12.7. The third kappa shape index (κ3) is 2.54. The van der Waals surface area contributed by atoms with Gasteiger partial charge in [-0.05, 0) is 0 Å². The third-order valence-corrected chi connectivity index (χ3v) is 5.61. The Morgan fingerprint density at radius 2 is 2.10 bits per heavy atom. The van der Waals surface area contributed by atoms with Crippen molar-refractivity contribution >= 4 is 32.9 Å². The predicted octanol–water partition coefficient (Wildman–Crippen LogP) is 1.98. The van der Waals surface area contributed by atoms with Crippen LogP contribution in [-0.4, -0.2) is 48.5 Å². The smallest absolute Gasteiger partial charge is 0.342 e. The first kappa shape index (κ1) is 14.2. The number of amidine groups is 1. The molecule has 110 valence electrons. The second-order valence-electron chi connectivity index (χ2n) is 4.53. The highest BCUT2D eigenvalue weighted by Gasteiger charge is 2.40. The molecular formula is C10H11BrF3N5S. The molecule has 0 aromatic carbocycles. The molecule has 1 atom stereocenters. The maximum atomic E-state index is 12.7. The van der Waals surface area contributed by atoms with Crippen molar-refractivity contribution in [2.75, 3.05) is 18.4 Å². The Kier molecular flexibility index (Phi) is 3.69. The summed E-state index contributed by atoms with van der Waals surface area (Å²) in [6, 6.07) is 0. The fourth-order valence-corrected chi connectivity index (χ4v) is 3.75. The fourth-order valence-electron chi connectivity index (χ4n) is 2.19. The fraction of sp³-hybridized carbons (Fsp3) is 0.700. The molecule has 1 aromatic heterocycles. The first-order chi connectivity index (χ1) is 9.49. The second-order valence-corrected chi connectivity index (χ2v) is 6.44. The molecule has 0 saturated heterocycles. The molecule has 0 N–H and O–H groups in total. The summed E-state index contributed by atoms with van der Waals surface area (Å²) in [5.41, 5.74) is 0. The molecular weight excluding hydrogens is 359 g/mol. The summed E-state index contributed by atoms with van der Waals surface area (Å²) in [6.07, 6.45) is -4.45. The van der Waals surface area contributed by atoms with Gasteiger partial charge in [0.25, 0.3) is 0 Å². The summed E-state index contributed by atoms with van der Waals surface area (Å²) in [5.74, 6) is -0.569. The van der Waals surface area contributed by atoms with Crippen LogP contribution < -0.4 is 0 Å². The summed E-state index contributed by atoms with van der Waals surface area (Å²) < 4.78 is 39.4. The van der Waals surface area contributed by atoms with Gasteiger partial charge in [-0.1, -0.05) is 27.7 Å². The lowest BCUT2D eigenvalue weighted by atomic mass is 10.3. The standard InChI is InChI=1S/C10H11BrF3N5S/c11-3-6-4-15-9(20-6)18-1-2-19-7(5-18)16-17-8(19)10(12,13)14/h6H,1-5H2. The van der Waals surface area contributed by atoms with Crippen molar-refractivity contribution in [1.82, 2.24) is 19.7 Å². The van der Waals surface area contributed by atoms with Crippen molar-refractivity contribution in [1.29, 1.82) is 0 Å². The zero-order chi connectivity index (χ0) is 14.3. The molecule has 0 amide bonds. The van der Waals surface area contributed by atoms with Gasteiger partial charge >= 0.3 is 6.18 Å². The van der Waals surface area contributed by atoms with Gasteiger partial charge in [-0.25, -0.2) is 0 Å². The van der Waals surface area contributed by atoms with Gasteiger partial charge < -0.3 is 9.47 Å². The Bertz CT molecular complexity index is 543. The largest absolute Gasteiger partial charge is 0.451 e. The van der Waals surface area contributed by atoms with Crippen LogP contribution in [0.2, 0.25) is 0 Å². The van der Waals surface area contributed by atoms with E-state index in [2.05, 4.69) is 31.1 Å². The van der Waals surface area contributed by atoms with Crippen LogP contribution in [0.4, 0.5) is 13.2 Å². The van der Waals surface area contributed by atoms with Gasteiger partial charge in [0.05, 0.1) is 13.1 Å². The molecule has 0 bridgehead atoms. The number of aliphatic imine (C=N–C) groups is 1. The summed E-state index contributed by atoms with van der Waals surface area (Å²) in [4.78, 5) is 6.41. The number of hydrogen-bond donors (Lipinski definition) is 0. The van der Waals surface area contributed by atoms with Crippen molar-refractivity contribution in [2.24, 2.45) is 4.99 Å². The van der Waals surface area contributed by atoms with Crippen LogP contribution in [0.5, 0.6) is 0 Å². The average Bonchev–Trinajstić information content (AvgIpc) is 3.03. The molecule has 1 unspecified atom stereocenters. The molecule has 0 saturated carbocycles. The van der Waals surface area contributed by atoms with Gasteiger partial charge in [-0.3, -0.25) is 4.99 Å². The number of thioether (sulfide) groups is 1. The average molecular weight is 370 g/mol. The van der Waals surface area contributed by atoms with Crippen molar-refractivity contribution < 1.29 is 13.2 Å². The van der Waals surface area contributed by atoms with E-state index < -0.39 is 12.0 Å². The lowest BCUT2D eigenvalue weighted by Gasteiger charge is -2.29. The van der Waals surface area contributed by atoms with Crippen LogP contribution in [-0.2, 0) is 19.3 Å². The lowest BCUT2D eigenvalue weighted by Crippen LogP contribution is -2.37. The summed E-state index contributed by atoms with van der Waals surface area (Å²) in [6.45, 7) is 1.79. The van der Waals surface area contributed by atoms with Crippen LogP contribution in [0, 0.1) is 0 Å². The van der Waals surface area contributed by atoms with Gasteiger partial charge in [0.15, 0.2) is 11.0 Å². The van der Waals surface area contributed by atoms with Crippen molar-refractivity contribution in [2.45, 2.75) is 24.5 Å². The topological polar surface area (TPSA) is 46.3 Å². The maximum Gasteiger partial charge on any atom is 0.451 e. The normalized spacial score (nSPS) is 22.9. The summed E-state index contributed by atoms with van der Waals surface area (Å²) in [7, 11) is 0. The number of halogens is 4. The van der Waals surface area contributed by atoms with Crippen LogP contribution in [0.25, 0.3) is 0 Å². The number of aromatic nitrogens is 3. The first-order valence-electron chi connectivity index (χ1n) is 6.00. The predicted molar refractivity (Wildman–Crippen MR) is 72.9 cm³/mol. The van der Waals surface area contributed by atoms with E-state index in [1.54, 1.807) is 11.8 Å². The van der Waals surface area contributed by atoms with Crippen LogP contribution >= 0.6 is 27.7 Å². The monoisotopic (exact) mass is 369 g/mol. The molecule has 3 heterocycles. The van der Waals surface area contributed by atoms with E-state index >= 15 is 0 Å². The van der Waals surface area contributed by atoms with Gasteiger partial charge in [0.2, 0.25) is 5.82 Å². The van der Waals surface area contributed by atoms with E-state index in [1.165, 1.54) is 0 Å². The van der Waals surface area contributed by atoms with E-state index in [9.17, 15) is 13.2 Å². The highest BCUT2D eigenvalue weighted by atomic mass is 79.9. The lowest BCUT2D eigenvalue weighted by molar-refractivity contribution is -0.147. The Labute approximate surface area is 125 Å². The molecule has 0 spiro atoms. The molecule has 0 aliphatic carbocycles. The second kappa shape index (κ2) is 5.21. The number of rotatable bonds is 1.